The van der Waals surface area contributed by atoms with Crippen LogP contribution in [0.2, 0.25) is 0 Å². The van der Waals surface area contributed by atoms with Gasteiger partial charge < -0.3 is 4.74 Å². The van der Waals surface area contributed by atoms with E-state index in [1.807, 2.05) is 23.6 Å². The Labute approximate surface area is 147 Å². The van der Waals surface area contributed by atoms with Gasteiger partial charge >= 0.3 is 0 Å². The molecule has 2 N–H and O–H groups in total. The summed E-state index contributed by atoms with van der Waals surface area (Å²) < 4.78 is 5.11. The molecule has 0 radical (unpaired) electrons. The summed E-state index contributed by atoms with van der Waals surface area (Å²) in [6, 6.07) is 12.7. The summed E-state index contributed by atoms with van der Waals surface area (Å²) in [7, 11) is 1.56. The summed E-state index contributed by atoms with van der Waals surface area (Å²) in [5, 5.41) is 15.2. The second kappa shape index (κ2) is 7.42. The first-order valence-electron chi connectivity index (χ1n) is 7.22. The van der Waals surface area contributed by atoms with Crippen molar-refractivity contribution in [1.29, 1.82) is 5.26 Å². The van der Waals surface area contributed by atoms with E-state index in [-0.39, 0.29) is 17.2 Å². The molecule has 0 spiro atoms. The van der Waals surface area contributed by atoms with E-state index in [1.54, 1.807) is 37.6 Å². The molecule has 0 aliphatic carbocycles. The number of hydrazone groups is 1. The van der Waals surface area contributed by atoms with Crippen LogP contribution in [0, 0.1) is 11.3 Å². The van der Waals surface area contributed by atoms with Gasteiger partial charge in [0.05, 0.1) is 19.0 Å². The predicted molar refractivity (Wildman–Crippen MR) is 97.1 cm³/mol. The first kappa shape index (κ1) is 16.4. The number of H-pyrrole nitrogens is 1. The highest BCUT2D eigenvalue weighted by molar-refractivity contribution is 7.11. The molecule has 0 aliphatic rings. The molecular weight excluding hydrogens is 338 g/mol. The van der Waals surface area contributed by atoms with Crippen molar-refractivity contribution in [3.8, 4) is 23.1 Å². The maximum Gasteiger partial charge on any atom is 0.270 e. The van der Waals surface area contributed by atoms with Crippen molar-refractivity contribution in [3.05, 3.63) is 62.6 Å². The van der Waals surface area contributed by atoms with E-state index < -0.39 is 5.56 Å². The van der Waals surface area contributed by atoms with Gasteiger partial charge in [-0.25, -0.2) is 10.4 Å². The Morgan fingerprint density at radius 3 is 2.80 bits per heavy atom. The molecule has 25 heavy (non-hydrogen) atoms. The second-order valence-corrected chi connectivity index (χ2v) is 5.84. The summed E-state index contributed by atoms with van der Waals surface area (Å²) in [6.07, 6.45) is 1.62. The molecule has 8 heteroatoms. The molecule has 124 valence electrons. The van der Waals surface area contributed by atoms with E-state index in [2.05, 4.69) is 20.5 Å². The van der Waals surface area contributed by atoms with Crippen molar-refractivity contribution in [1.82, 2.24) is 9.97 Å². The third-order valence-electron chi connectivity index (χ3n) is 3.30. The molecule has 0 bridgehead atoms. The number of nitrogens with zero attached hydrogens (tertiary/aromatic N) is 3. The van der Waals surface area contributed by atoms with E-state index in [0.29, 0.717) is 11.3 Å². The van der Waals surface area contributed by atoms with E-state index in [4.69, 9.17) is 4.74 Å². The third-order valence-corrected chi connectivity index (χ3v) is 4.11. The number of thiophene rings is 1. The zero-order valence-electron chi connectivity index (χ0n) is 13.2. The van der Waals surface area contributed by atoms with E-state index in [9.17, 15) is 10.1 Å². The molecule has 1 aromatic carbocycles. The summed E-state index contributed by atoms with van der Waals surface area (Å²) in [4.78, 5) is 19.9. The predicted octanol–water partition coefficient (Wildman–Crippen LogP) is 2.82. The Hall–Kier alpha value is -3.44. The molecule has 7 nitrogen and oxygen atoms in total. The van der Waals surface area contributed by atoms with Gasteiger partial charge in [-0.2, -0.15) is 10.4 Å². The first-order chi connectivity index (χ1) is 12.2. The Morgan fingerprint density at radius 2 is 2.16 bits per heavy atom. The molecular formula is C17H13N5O2S. The highest BCUT2D eigenvalue weighted by Crippen LogP contribution is 2.22. The highest BCUT2D eigenvalue weighted by atomic mass is 32.1. The van der Waals surface area contributed by atoms with Crippen LogP contribution in [0.15, 0.2) is 51.7 Å². The highest BCUT2D eigenvalue weighted by Gasteiger charge is 2.13. The van der Waals surface area contributed by atoms with Crippen molar-refractivity contribution in [2.45, 2.75) is 0 Å². The Kier molecular flexibility index (Phi) is 4.87. The average Bonchev–Trinajstić information content (AvgIpc) is 3.15. The summed E-state index contributed by atoms with van der Waals surface area (Å²) in [6.45, 7) is 0. The molecule has 0 fully saturated rings. The molecule has 0 saturated carbocycles. The molecule has 3 aromatic rings. The van der Waals surface area contributed by atoms with Gasteiger partial charge in [-0.15, -0.1) is 11.3 Å². The topological polar surface area (TPSA) is 103 Å². The number of benzene rings is 1. The van der Waals surface area contributed by atoms with Gasteiger partial charge in [0.1, 0.15) is 17.4 Å². The number of hydrogen-bond acceptors (Lipinski definition) is 7. The molecule has 0 amide bonds. The maximum atomic E-state index is 12.1. The van der Waals surface area contributed by atoms with Crippen LogP contribution in [0.4, 0.5) is 5.95 Å². The zero-order chi connectivity index (χ0) is 17.6. The summed E-state index contributed by atoms with van der Waals surface area (Å²) in [5.41, 5.74) is 3.01. The van der Waals surface area contributed by atoms with Crippen LogP contribution in [-0.4, -0.2) is 23.3 Å². The number of nitrogens with one attached hydrogen (secondary N) is 2. The van der Waals surface area contributed by atoms with Crippen molar-refractivity contribution in [2.75, 3.05) is 12.5 Å². The van der Waals surface area contributed by atoms with Crippen LogP contribution >= 0.6 is 11.3 Å². The van der Waals surface area contributed by atoms with Gasteiger partial charge in [-0.05, 0) is 35.7 Å². The molecule has 2 aromatic heterocycles. The lowest BCUT2D eigenvalue weighted by atomic mass is 10.1. The van der Waals surface area contributed by atoms with Crippen molar-refractivity contribution in [3.63, 3.8) is 0 Å². The Bertz CT molecular complexity index is 985. The molecule has 0 atom stereocenters. The van der Waals surface area contributed by atoms with Gasteiger partial charge in [-0.1, -0.05) is 6.07 Å². The van der Waals surface area contributed by atoms with E-state index in [0.717, 1.165) is 4.88 Å². The van der Waals surface area contributed by atoms with Crippen LogP contribution < -0.4 is 15.7 Å². The summed E-state index contributed by atoms with van der Waals surface area (Å²) in [5.74, 6) is 0.827. The molecule has 0 unspecified atom stereocenters. The van der Waals surface area contributed by atoms with Gasteiger partial charge in [0.15, 0.2) is 0 Å². The number of ether oxygens (including phenoxy) is 1. The quantitative estimate of drug-likeness (QED) is 0.543. The van der Waals surface area contributed by atoms with Gasteiger partial charge in [0.2, 0.25) is 5.95 Å². The minimum Gasteiger partial charge on any atom is -0.497 e. The van der Waals surface area contributed by atoms with E-state index >= 15 is 0 Å². The van der Waals surface area contributed by atoms with Crippen LogP contribution in [0.25, 0.3) is 11.3 Å². The lowest BCUT2D eigenvalue weighted by Gasteiger charge is -2.07. The fraction of sp³-hybridized carbons (Fsp3) is 0.0588. The first-order valence-corrected chi connectivity index (χ1v) is 8.10. The Balaban J connectivity index is 1.94. The fourth-order valence-corrected chi connectivity index (χ4v) is 2.69. The smallest absolute Gasteiger partial charge is 0.270 e. The SMILES string of the molecule is COc1ccc(-c2nc(N/N=C\c3cccs3)[nH]c(=O)c2C#N)cc1. The fourth-order valence-electron chi connectivity index (χ4n) is 2.11. The summed E-state index contributed by atoms with van der Waals surface area (Å²) >= 11 is 1.53. The number of hydrogen-bond donors (Lipinski definition) is 2. The number of nitriles is 1. The monoisotopic (exact) mass is 351 g/mol. The number of anilines is 1. The maximum absolute atomic E-state index is 12.1. The number of aromatic amines is 1. The van der Waals surface area contributed by atoms with Crippen molar-refractivity contribution >= 4 is 23.5 Å². The standard InChI is InChI=1S/C17H13N5O2S/c1-24-12-6-4-11(5-7-12)15-14(9-18)16(23)21-17(20-15)22-19-10-13-3-2-8-25-13/h2-8,10H,1H3,(H2,20,21,22,23)/b19-10-. The molecule has 2 heterocycles. The third kappa shape index (κ3) is 3.73. The van der Waals surface area contributed by atoms with Crippen molar-refractivity contribution in [2.24, 2.45) is 5.10 Å². The molecule has 3 rings (SSSR count). The van der Waals surface area contributed by atoms with Crippen molar-refractivity contribution < 1.29 is 4.74 Å². The lowest BCUT2D eigenvalue weighted by molar-refractivity contribution is 0.415. The second-order valence-electron chi connectivity index (χ2n) is 4.86. The average molecular weight is 351 g/mol. The van der Waals surface area contributed by atoms with Gasteiger partial charge in [-0.3, -0.25) is 9.78 Å². The van der Waals surface area contributed by atoms with Gasteiger partial charge in [0.25, 0.3) is 5.56 Å². The van der Waals surface area contributed by atoms with Crippen LogP contribution in [0.3, 0.4) is 0 Å². The number of methoxy groups -OCH3 is 1. The number of rotatable bonds is 5. The minimum atomic E-state index is -0.530. The van der Waals surface area contributed by atoms with E-state index in [1.165, 1.54) is 11.3 Å². The van der Waals surface area contributed by atoms with Gasteiger partial charge in [0, 0.05) is 10.4 Å². The molecule has 0 saturated heterocycles. The minimum absolute atomic E-state index is 0.0575. The van der Waals surface area contributed by atoms with Crippen LogP contribution in [-0.2, 0) is 0 Å². The number of aromatic nitrogens is 2. The lowest BCUT2D eigenvalue weighted by Crippen LogP contribution is -2.16. The van der Waals surface area contributed by atoms with Crippen LogP contribution in [0.5, 0.6) is 5.75 Å². The van der Waals surface area contributed by atoms with Crippen LogP contribution in [0.1, 0.15) is 10.4 Å². The zero-order valence-corrected chi connectivity index (χ0v) is 14.0. The molecule has 0 aliphatic heterocycles. The largest absolute Gasteiger partial charge is 0.497 e. The normalized spacial score (nSPS) is 10.6. The Morgan fingerprint density at radius 1 is 1.36 bits per heavy atom.